The SMILES string of the molecule is CCCCOC(=O)C(C)OC(=O)[C@@H]1CCCC[C@@H]1C(=O)OCc1ccccc1. The molecule has 2 rings (SSSR count). The van der Waals surface area contributed by atoms with Crippen molar-refractivity contribution in [2.45, 2.75) is 65.1 Å². The number of unbranched alkanes of at least 4 members (excludes halogenated alkanes) is 1. The standard InChI is InChI=1S/C22H30O6/c1-3-4-14-26-20(23)16(2)28-22(25)19-13-9-8-12-18(19)21(24)27-15-17-10-6-5-7-11-17/h5-7,10-11,16,18-19H,3-4,8-9,12-15H2,1-2H3/t16?,18-,19+/m0/s1. The van der Waals surface area contributed by atoms with Gasteiger partial charge in [-0.1, -0.05) is 56.5 Å². The Bertz CT molecular complexity index is 642. The van der Waals surface area contributed by atoms with E-state index in [1.807, 2.05) is 37.3 Å². The van der Waals surface area contributed by atoms with Gasteiger partial charge in [0, 0.05) is 0 Å². The van der Waals surface area contributed by atoms with Crippen LogP contribution in [-0.4, -0.2) is 30.6 Å². The van der Waals surface area contributed by atoms with Gasteiger partial charge in [-0.05, 0) is 31.7 Å². The van der Waals surface area contributed by atoms with E-state index in [2.05, 4.69) is 0 Å². The van der Waals surface area contributed by atoms with Gasteiger partial charge in [0.15, 0.2) is 6.10 Å². The largest absolute Gasteiger partial charge is 0.463 e. The van der Waals surface area contributed by atoms with Gasteiger partial charge in [-0.3, -0.25) is 9.59 Å². The van der Waals surface area contributed by atoms with Crippen LogP contribution in [0.5, 0.6) is 0 Å². The van der Waals surface area contributed by atoms with Crippen LogP contribution in [0, 0.1) is 11.8 Å². The third-order valence-corrected chi connectivity index (χ3v) is 4.96. The van der Waals surface area contributed by atoms with Gasteiger partial charge in [0.05, 0.1) is 18.4 Å². The Morgan fingerprint density at radius 3 is 2.29 bits per heavy atom. The van der Waals surface area contributed by atoms with Crippen molar-refractivity contribution in [1.29, 1.82) is 0 Å². The number of esters is 3. The first-order valence-electron chi connectivity index (χ1n) is 10.1. The molecular weight excluding hydrogens is 360 g/mol. The molecule has 0 radical (unpaired) electrons. The molecule has 0 bridgehead atoms. The quantitative estimate of drug-likeness (QED) is 0.362. The summed E-state index contributed by atoms with van der Waals surface area (Å²) in [5.74, 6) is -2.58. The summed E-state index contributed by atoms with van der Waals surface area (Å²) in [4.78, 5) is 37.1. The maximum absolute atomic E-state index is 12.6. The van der Waals surface area contributed by atoms with Crippen LogP contribution in [0.4, 0.5) is 0 Å². The molecule has 0 N–H and O–H groups in total. The Labute approximate surface area is 166 Å². The van der Waals surface area contributed by atoms with Crippen LogP contribution in [0.25, 0.3) is 0 Å². The van der Waals surface area contributed by atoms with Crippen LogP contribution < -0.4 is 0 Å². The molecule has 0 heterocycles. The van der Waals surface area contributed by atoms with Gasteiger partial charge >= 0.3 is 17.9 Å². The monoisotopic (exact) mass is 390 g/mol. The predicted molar refractivity (Wildman–Crippen MR) is 103 cm³/mol. The lowest BCUT2D eigenvalue weighted by Gasteiger charge is -2.29. The van der Waals surface area contributed by atoms with Gasteiger partial charge in [-0.15, -0.1) is 0 Å². The summed E-state index contributed by atoms with van der Waals surface area (Å²) in [6.07, 6.45) is 3.55. The number of carbonyl (C=O) groups is 3. The van der Waals surface area contributed by atoms with Crippen molar-refractivity contribution in [1.82, 2.24) is 0 Å². The maximum atomic E-state index is 12.6. The fraction of sp³-hybridized carbons (Fsp3) is 0.591. The highest BCUT2D eigenvalue weighted by molar-refractivity contribution is 5.84. The summed E-state index contributed by atoms with van der Waals surface area (Å²) in [7, 11) is 0. The van der Waals surface area contributed by atoms with Crippen molar-refractivity contribution in [3.63, 3.8) is 0 Å². The van der Waals surface area contributed by atoms with Crippen LogP contribution in [0.3, 0.4) is 0 Å². The van der Waals surface area contributed by atoms with Crippen LogP contribution in [0.15, 0.2) is 30.3 Å². The summed E-state index contributed by atoms with van der Waals surface area (Å²) in [6.45, 7) is 3.99. The van der Waals surface area contributed by atoms with E-state index < -0.39 is 29.9 Å². The molecule has 0 aromatic heterocycles. The number of benzene rings is 1. The molecule has 0 spiro atoms. The van der Waals surface area contributed by atoms with Gasteiger partial charge < -0.3 is 14.2 Å². The van der Waals surface area contributed by atoms with Crippen molar-refractivity contribution < 1.29 is 28.6 Å². The third kappa shape index (κ3) is 6.66. The minimum Gasteiger partial charge on any atom is -0.463 e. The number of hydrogen-bond donors (Lipinski definition) is 0. The molecule has 1 aromatic rings. The molecule has 1 aromatic carbocycles. The van der Waals surface area contributed by atoms with E-state index in [9.17, 15) is 14.4 Å². The molecule has 1 fully saturated rings. The van der Waals surface area contributed by atoms with Crippen LogP contribution in [-0.2, 0) is 35.2 Å². The van der Waals surface area contributed by atoms with Gasteiger partial charge in [0.2, 0.25) is 0 Å². The van der Waals surface area contributed by atoms with E-state index in [0.29, 0.717) is 19.4 Å². The second kappa shape index (κ2) is 11.5. The first-order valence-corrected chi connectivity index (χ1v) is 10.1. The number of rotatable bonds is 9. The Morgan fingerprint density at radius 2 is 1.64 bits per heavy atom. The van der Waals surface area contributed by atoms with Gasteiger partial charge in [-0.2, -0.15) is 0 Å². The summed E-state index contributed by atoms with van der Waals surface area (Å²) in [6, 6.07) is 9.42. The Kier molecular flexibility index (Phi) is 8.98. The molecule has 1 unspecified atom stereocenters. The van der Waals surface area contributed by atoms with Gasteiger partial charge in [-0.25, -0.2) is 4.79 Å². The Morgan fingerprint density at radius 1 is 1.00 bits per heavy atom. The number of carbonyl (C=O) groups excluding carboxylic acids is 3. The van der Waals surface area contributed by atoms with E-state index in [1.165, 1.54) is 6.92 Å². The summed E-state index contributed by atoms with van der Waals surface area (Å²) < 4.78 is 15.8. The Hall–Kier alpha value is -2.37. The first-order chi connectivity index (χ1) is 13.5. The third-order valence-electron chi connectivity index (χ3n) is 4.96. The van der Waals surface area contributed by atoms with Crippen molar-refractivity contribution >= 4 is 17.9 Å². The van der Waals surface area contributed by atoms with Crippen molar-refractivity contribution in [3.8, 4) is 0 Å². The molecule has 1 aliphatic rings. The molecule has 0 saturated heterocycles. The lowest BCUT2D eigenvalue weighted by Crippen LogP contribution is -2.37. The van der Waals surface area contributed by atoms with E-state index in [0.717, 1.165) is 31.2 Å². The number of hydrogen-bond acceptors (Lipinski definition) is 6. The van der Waals surface area contributed by atoms with Crippen molar-refractivity contribution in [3.05, 3.63) is 35.9 Å². The normalized spacial score (nSPS) is 20.1. The van der Waals surface area contributed by atoms with E-state index in [4.69, 9.17) is 14.2 Å². The average Bonchev–Trinajstić information content (AvgIpc) is 2.72. The zero-order chi connectivity index (χ0) is 20.4. The molecule has 28 heavy (non-hydrogen) atoms. The van der Waals surface area contributed by atoms with Gasteiger partial charge in [0.25, 0.3) is 0 Å². The predicted octanol–water partition coefficient (Wildman–Crippen LogP) is 3.81. The fourth-order valence-corrected chi connectivity index (χ4v) is 3.28. The number of ether oxygens (including phenoxy) is 3. The average molecular weight is 390 g/mol. The lowest BCUT2D eigenvalue weighted by atomic mass is 9.79. The smallest absolute Gasteiger partial charge is 0.347 e. The van der Waals surface area contributed by atoms with Crippen LogP contribution in [0.1, 0.15) is 57.9 Å². The summed E-state index contributed by atoms with van der Waals surface area (Å²) >= 11 is 0. The molecule has 0 amide bonds. The van der Waals surface area contributed by atoms with Crippen LogP contribution in [0.2, 0.25) is 0 Å². The summed E-state index contributed by atoms with van der Waals surface area (Å²) in [5, 5.41) is 0. The van der Waals surface area contributed by atoms with E-state index in [1.54, 1.807) is 0 Å². The second-order valence-corrected chi connectivity index (χ2v) is 7.19. The lowest BCUT2D eigenvalue weighted by molar-refractivity contribution is -0.174. The molecule has 3 atom stereocenters. The molecule has 6 nitrogen and oxygen atoms in total. The maximum Gasteiger partial charge on any atom is 0.347 e. The summed E-state index contributed by atoms with van der Waals surface area (Å²) in [5.41, 5.74) is 0.897. The minimum absolute atomic E-state index is 0.179. The molecule has 6 heteroatoms. The first kappa shape index (κ1) is 21.9. The topological polar surface area (TPSA) is 78.9 Å². The molecule has 1 saturated carbocycles. The molecule has 0 aliphatic heterocycles. The minimum atomic E-state index is -0.979. The van der Waals surface area contributed by atoms with Crippen molar-refractivity contribution in [2.75, 3.05) is 6.61 Å². The van der Waals surface area contributed by atoms with E-state index >= 15 is 0 Å². The molecule has 154 valence electrons. The van der Waals surface area contributed by atoms with Gasteiger partial charge in [0.1, 0.15) is 6.61 Å². The Balaban J connectivity index is 1.89. The van der Waals surface area contributed by atoms with E-state index in [-0.39, 0.29) is 12.6 Å². The molecular formula is C22H30O6. The zero-order valence-electron chi connectivity index (χ0n) is 16.7. The van der Waals surface area contributed by atoms with Crippen LogP contribution >= 0.6 is 0 Å². The van der Waals surface area contributed by atoms with Crippen molar-refractivity contribution in [2.24, 2.45) is 11.8 Å². The second-order valence-electron chi connectivity index (χ2n) is 7.19. The fourth-order valence-electron chi connectivity index (χ4n) is 3.28. The zero-order valence-corrected chi connectivity index (χ0v) is 16.7. The highest BCUT2D eigenvalue weighted by Crippen LogP contribution is 2.32. The highest BCUT2D eigenvalue weighted by atomic mass is 16.6. The molecule has 1 aliphatic carbocycles. The highest BCUT2D eigenvalue weighted by Gasteiger charge is 2.39.